The highest BCUT2D eigenvalue weighted by molar-refractivity contribution is 9.10. The van der Waals surface area contributed by atoms with Crippen LogP contribution in [-0.2, 0) is 0 Å². The summed E-state index contributed by atoms with van der Waals surface area (Å²) in [5.41, 5.74) is 7.04. The van der Waals surface area contributed by atoms with Crippen LogP contribution in [-0.4, -0.2) is 9.97 Å². The second kappa shape index (κ2) is 4.67. The van der Waals surface area contributed by atoms with Gasteiger partial charge in [-0.3, -0.25) is 0 Å². The smallest absolute Gasteiger partial charge is 0.224 e. The molecule has 4 nitrogen and oxygen atoms in total. The van der Waals surface area contributed by atoms with E-state index in [-0.39, 0.29) is 5.28 Å². The Balaban J connectivity index is 2.34. The Bertz CT molecular complexity index is 518. The van der Waals surface area contributed by atoms with Crippen LogP contribution in [0.4, 0.5) is 17.2 Å². The minimum atomic E-state index is 0.156. The maximum Gasteiger partial charge on any atom is 0.224 e. The molecule has 0 aliphatic carbocycles. The van der Waals surface area contributed by atoms with E-state index in [1.165, 1.54) is 6.20 Å². The predicted octanol–water partition coefficient (Wildman–Crippen LogP) is 3.22. The lowest BCUT2D eigenvalue weighted by Gasteiger charge is -2.09. The van der Waals surface area contributed by atoms with Crippen LogP contribution in [0, 0.1) is 0 Å². The van der Waals surface area contributed by atoms with Crippen molar-refractivity contribution in [1.82, 2.24) is 9.97 Å². The molecule has 0 fully saturated rings. The molecule has 0 aliphatic rings. The van der Waals surface area contributed by atoms with Crippen molar-refractivity contribution in [1.29, 1.82) is 0 Å². The fourth-order valence-electron chi connectivity index (χ4n) is 1.16. The van der Waals surface area contributed by atoms with Crippen LogP contribution in [0.25, 0.3) is 0 Å². The molecule has 0 bridgehead atoms. The first-order valence-corrected chi connectivity index (χ1v) is 5.63. The van der Waals surface area contributed by atoms with Gasteiger partial charge >= 0.3 is 0 Å². The molecule has 1 aromatic carbocycles. The van der Waals surface area contributed by atoms with E-state index in [0.29, 0.717) is 11.5 Å². The van der Waals surface area contributed by atoms with Crippen LogP contribution in [0.15, 0.2) is 34.9 Å². The molecule has 0 saturated carbocycles. The number of nitrogens with zero attached hydrogens (tertiary/aromatic N) is 2. The lowest BCUT2D eigenvalue weighted by molar-refractivity contribution is 1.17. The van der Waals surface area contributed by atoms with Crippen molar-refractivity contribution in [2.45, 2.75) is 0 Å². The van der Waals surface area contributed by atoms with Crippen LogP contribution >= 0.6 is 27.5 Å². The second-order valence-electron chi connectivity index (χ2n) is 3.05. The van der Waals surface area contributed by atoms with Crippen LogP contribution < -0.4 is 11.1 Å². The molecule has 3 N–H and O–H groups in total. The summed E-state index contributed by atoms with van der Waals surface area (Å²) in [6, 6.07) is 7.65. The molecule has 0 radical (unpaired) electrons. The van der Waals surface area contributed by atoms with Gasteiger partial charge < -0.3 is 11.1 Å². The van der Waals surface area contributed by atoms with Gasteiger partial charge in [-0.15, -0.1) is 0 Å². The number of nitrogen functional groups attached to an aromatic ring is 1. The summed E-state index contributed by atoms with van der Waals surface area (Å²) in [4.78, 5) is 7.79. The fourth-order valence-corrected chi connectivity index (χ4v) is 1.68. The van der Waals surface area contributed by atoms with Crippen molar-refractivity contribution in [3.8, 4) is 0 Å². The number of hydrogen-bond donors (Lipinski definition) is 2. The zero-order valence-corrected chi connectivity index (χ0v) is 10.5. The van der Waals surface area contributed by atoms with E-state index in [1.807, 2.05) is 24.3 Å². The van der Waals surface area contributed by atoms with E-state index < -0.39 is 0 Å². The molecular weight excluding hydrogens is 291 g/mol. The minimum Gasteiger partial charge on any atom is -0.394 e. The first-order valence-electron chi connectivity index (χ1n) is 4.46. The number of hydrogen-bond acceptors (Lipinski definition) is 4. The van der Waals surface area contributed by atoms with E-state index in [9.17, 15) is 0 Å². The third-order valence-corrected chi connectivity index (χ3v) is 2.79. The number of para-hydroxylation sites is 1. The van der Waals surface area contributed by atoms with Gasteiger partial charge in [-0.25, -0.2) is 4.98 Å². The van der Waals surface area contributed by atoms with Gasteiger partial charge in [0.25, 0.3) is 0 Å². The molecule has 0 unspecified atom stereocenters. The van der Waals surface area contributed by atoms with Crippen molar-refractivity contribution in [2.75, 3.05) is 11.1 Å². The number of nitrogens with two attached hydrogens (primary N) is 1. The summed E-state index contributed by atoms with van der Waals surface area (Å²) < 4.78 is 0.920. The molecule has 0 saturated heterocycles. The number of aromatic nitrogens is 2. The largest absolute Gasteiger partial charge is 0.394 e. The Morgan fingerprint density at radius 1 is 1.31 bits per heavy atom. The highest BCUT2D eigenvalue weighted by Crippen LogP contribution is 2.27. The molecule has 2 aromatic rings. The Hall–Kier alpha value is -1.33. The van der Waals surface area contributed by atoms with Crippen molar-refractivity contribution >= 4 is 44.7 Å². The lowest BCUT2D eigenvalue weighted by atomic mass is 10.3. The van der Waals surface area contributed by atoms with Crippen molar-refractivity contribution in [2.24, 2.45) is 0 Å². The zero-order chi connectivity index (χ0) is 11.5. The summed E-state index contributed by atoms with van der Waals surface area (Å²) >= 11 is 9.11. The Morgan fingerprint density at radius 3 is 2.81 bits per heavy atom. The molecule has 2 rings (SSSR count). The highest BCUT2D eigenvalue weighted by atomic mass is 79.9. The van der Waals surface area contributed by atoms with E-state index in [1.54, 1.807) is 0 Å². The van der Waals surface area contributed by atoms with Crippen LogP contribution in [0.5, 0.6) is 0 Å². The first-order chi connectivity index (χ1) is 7.66. The van der Waals surface area contributed by atoms with Crippen molar-refractivity contribution in [3.05, 3.63) is 40.2 Å². The SMILES string of the molecule is Nc1cnc(Cl)nc1Nc1ccccc1Br. The quantitative estimate of drug-likeness (QED) is 0.836. The summed E-state index contributed by atoms with van der Waals surface area (Å²) in [5, 5.41) is 3.23. The standard InChI is InChI=1S/C10H8BrClN4/c11-6-3-1-2-4-8(6)15-9-7(13)5-14-10(12)16-9/h1-5H,13H2,(H,14,15,16). The molecule has 82 valence electrons. The van der Waals surface area contributed by atoms with E-state index in [2.05, 4.69) is 31.2 Å². The number of nitrogens with one attached hydrogen (secondary N) is 1. The molecule has 1 aromatic heterocycles. The molecule has 16 heavy (non-hydrogen) atoms. The summed E-state index contributed by atoms with van der Waals surface area (Å²) in [6.07, 6.45) is 1.47. The van der Waals surface area contributed by atoms with Gasteiger partial charge in [0.05, 0.1) is 17.6 Å². The number of rotatable bonds is 2. The van der Waals surface area contributed by atoms with Gasteiger partial charge in [-0.1, -0.05) is 12.1 Å². The van der Waals surface area contributed by atoms with Gasteiger partial charge in [-0.05, 0) is 39.7 Å². The van der Waals surface area contributed by atoms with Gasteiger partial charge in [-0.2, -0.15) is 4.98 Å². The Labute approximate surface area is 106 Å². The Morgan fingerprint density at radius 2 is 2.06 bits per heavy atom. The van der Waals surface area contributed by atoms with E-state index in [4.69, 9.17) is 17.3 Å². The molecule has 0 atom stereocenters. The minimum absolute atomic E-state index is 0.156. The normalized spacial score (nSPS) is 10.1. The zero-order valence-electron chi connectivity index (χ0n) is 8.11. The lowest BCUT2D eigenvalue weighted by Crippen LogP contribution is -2.00. The predicted molar refractivity (Wildman–Crippen MR) is 68.9 cm³/mol. The third-order valence-electron chi connectivity index (χ3n) is 1.91. The molecule has 1 heterocycles. The van der Waals surface area contributed by atoms with Gasteiger partial charge in [0, 0.05) is 4.47 Å². The van der Waals surface area contributed by atoms with Crippen LogP contribution in [0.2, 0.25) is 5.28 Å². The molecule has 0 aliphatic heterocycles. The van der Waals surface area contributed by atoms with Crippen molar-refractivity contribution in [3.63, 3.8) is 0 Å². The average Bonchev–Trinajstić information content (AvgIpc) is 2.27. The number of halogens is 2. The van der Waals surface area contributed by atoms with Gasteiger partial charge in [0.2, 0.25) is 5.28 Å². The molecule has 0 spiro atoms. The summed E-state index contributed by atoms with van der Waals surface area (Å²) in [6.45, 7) is 0. The summed E-state index contributed by atoms with van der Waals surface area (Å²) in [7, 11) is 0. The second-order valence-corrected chi connectivity index (χ2v) is 4.24. The molecule has 6 heteroatoms. The average molecular weight is 300 g/mol. The monoisotopic (exact) mass is 298 g/mol. The third kappa shape index (κ3) is 2.43. The van der Waals surface area contributed by atoms with E-state index in [0.717, 1.165) is 10.2 Å². The van der Waals surface area contributed by atoms with E-state index >= 15 is 0 Å². The first kappa shape index (κ1) is 11.2. The van der Waals surface area contributed by atoms with Crippen molar-refractivity contribution < 1.29 is 0 Å². The van der Waals surface area contributed by atoms with Crippen LogP contribution in [0.1, 0.15) is 0 Å². The molecular formula is C10H8BrClN4. The highest BCUT2D eigenvalue weighted by Gasteiger charge is 2.05. The topological polar surface area (TPSA) is 63.8 Å². The fraction of sp³-hybridized carbons (Fsp3) is 0. The van der Waals surface area contributed by atoms with Gasteiger partial charge in [0.1, 0.15) is 0 Å². The number of benzene rings is 1. The maximum atomic E-state index is 5.73. The van der Waals surface area contributed by atoms with Gasteiger partial charge in [0.15, 0.2) is 5.82 Å². The van der Waals surface area contributed by atoms with Crippen LogP contribution in [0.3, 0.4) is 0 Å². The molecule has 0 amide bonds. The maximum absolute atomic E-state index is 5.73. The summed E-state index contributed by atoms with van der Waals surface area (Å²) in [5.74, 6) is 0.493. The number of anilines is 3. The Kier molecular flexibility index (Phi) is 3.26.